The van der Waals surface area contributed by atoms with Crippen LogP contribution in [0.15, 0.2) is 42.6 Å². The van der Waals surface area contributed by atoms with Crippen LogP contribution in [0.2, 0.25) is 0 Å². The van der Waals surface area contributed by atoms with Crippen molar-refractivity contribution < 1.29 is 14.3 Å². The Hall–Kier alpha value is -3.09. The van der Waals surface area contributed by atoms with Crippen LogP contribution in [-0.2, 0) is 4.74 Å². The van der Waals surface area contributed by atoms with Gasteiger partial charge in [0.05, 0.1) is 30.2 Å². The first-order valence-electron chi connectivity index (χ1n) is 7.63. The first kappa shape index (κ1) is 15.8. The number of para-hydroxylation sites is 1. The number of urea groups is 1. The number of nitrogens with one attached hydrogen (secondary N) is 3. The maximum Gasteiger partial charge on any atom is 0.339 e. The molecule has 3 N–H and O–H groups in total. The van der Waals surface area contributed by atoms with E-state index in [9.17, 15) is 9.59 Å². The topological polar surface area (TPSA) is 92.4 Å². The molecule has 2 aromatic rings. The number of hydrogen-bond acceptors (Lipinski definition) is 5. The van der Waals surface area contributed by atoms with Crippen molar-refractivity contribution in [1.82, 2.24) is 10.3 Å². The van der Waals surface area contributed by atoms with E-state index < -0.39 is 5.97 Å². The summed E-state index contributed by atoms with van der Waals surface area (Å²) in [6.07, 6.45) is 3.65. The van der Waals surface area contributed by atoms with Crippen molar-refractivity contribution >= 4 is 29.2 Å². The van der Waals surface area contributed by atoms with Gasteiger partial charge in [0.1, 0.15) is 5.82 Å². The summed E-state index contributed by atoms with van der Waals surface area (Å²) in [7, 11) is 1.34. The summed E-state index contributed by atoms with van der Waals surface area (Å²) in [5.74, 6) is 0.0426. The molecule has 0 spiro atoms. The number of methoxy groups -OCH3 is 1. The molecule has 0 unspecified atom stereocenters. The Morgan fingerprint density at radius 1 is 1.17 bits per heavy atom. The third-order valence-electron chi connectivity index (χ3n) is 3.53. The van der Waals surface area contributed by atoms with Crippen LogP contribution < -0.4 is 16.0 Å². The molecule has 0 atom stereocenters. The van der Waals surface area contributed by atoms with E-state index in [2.05, 4.69) is 20.9 Å². The minimum atomic E-state index is -0.416. The number of amides is 2. The minimum absolute atomic E-state index is 0.248. The summed E-state index contributed by atoms with van der Waals surface area (Å²) in [5, 5.41) is 8.62. The highest BCUT2D eigenvalue weighted by molar-refractivity contribution is 5.96. The zero-order valence-corrected chi connectivity index (χ0v) is 13.2. The summed E-state index contributed by atoms with van der Waals surface area (Å²) in [6, 6.07) is 10.6. The highest BCUT2D eigenvalue weighted by atomic mass is 16.5. The molecule has 2 amide bonds. The summed E-state index contributed by atoms with van der Waals surface area (Å²) in [6.45, 7) is 0. The SMILES string of the molecule is COC(=O)c1ccccc1Nc1ccc(NC(=O)NC2CC2)nc1. The molecule has 7 nitrogen and oxygen atoms in total. The van der Waals surface area contributed by atoms with Gasteiger partial charge in [-0.2, -0.15) is 0 Å². The van der Waals surface area contributed by atoms with Crippen molar-refractivity contribution in [2.75, 3.05) is 17.7 Å². The predicted molar refractivity (Wildman–Crippen MR) is 90.5 cm³/mol. The number of carbonyl (C=O) groups excluding carboxylic acids is 2. The minimum Gasteiger partial charge on any atom is -0.465 e. The maximum atomic E-state index is 11.8. The summed E-state index contributed by atoms with van der Waals surface area (Å²) >= 11 is 0. The average Bonchev–Trinajstić information content (AvgIpc) is 3.40. The smallest absolute Gasteiger partial charge is 0.339 e. The monoisotopic (exact) mass is 326 g/mol. The highest BCUT2D eigenvalue weighted by Gasteiger charge is 2.23. The van der Waals surface area contributed by atoms with Gasteiger partial charge < -0.3 is 15.4 Å². The first-order valence-corrected chi connectivity index (χ1v) is 7.63. The Labute approximate surface area is 139 Å². The van der Waals surface area contributed by atoms with Gasteiger partial charge in [0, 0.05) is 6.04 Å². The van der Waals surface area contributed by atoms with Gasteiger partial charge in [-0.3, -0.25) is 5.32 Å². The number of anilines is 3. The lowest BCUT2D eigenvalue weighted by molar-refractivity contribution is 0.0602. The van der Waals surface area contributed by atoms with Crippen LogP contribution in [0.5, 0.6) is 0 Å². The van der Waals surface area contributed by atoms with Gasteiger partial charge in [-0.1, -0.05) is 12.1 Å². The number of hydrogen-bond donors (Lipinski definition) is 3. The number of carbonyl (C=O) groups is 2. The van der Waals surface area contributed by atoms with E-state index in [0.717, 1.165) is 12.8 Å². The second kappa shape index (κ2) is 6.99. The van der Waals surface area contributed by atoms with Crippen molar-refractivity contribution in [3.8, 4) is 0 Å². The molecular formula is C17H18N4O3. The van der Waals surface area contributed by atoms with E-state index in [1.807, 2.05) is 6.07 Å². The van der Waals surface area contributed by atoms with Crippen LogP contribution >= 0.6 is 0 Å². The van der Waals surface area contributed by atoms with Crippen LogP contribution in [0.3, 0.4) is 0 Å². The molecule has 1 aliphatic rings. The van der Waals surface area contributed by atoms with Crippen molar-refractivity contribution in [2.45, 2.75) is 18.9 Å². The average molecular weight is 326 g/mol. The molecule has 1 aromatic heterocycles. The Kier molecular flexibility index (Phi) is 4.60. The number of rotatable bonds is 5. The van der Waals surface area contributed by atoms with Gasteiger partial charge in [-0.05, 0) is 37.1 Å². The van der Waals surface area contributed by atoms with Crippen molar-refractivity contribution in [2.24, 2.45) is 0 Å². The fraction of sp³-hybridized carbons (Fsp3) is 0.235. The summed E-state index contributed by atoms with van der Waals surface area (Å²) in [5.41, 5.74) is 1.75. The van der Waals surface area contributed by atoms with Gasteiger partial charge >= 0.3 is 12.0 Å². The largest absolute Gasteiger partial charge is 0.465 e. The molecule has 0 bridgehead atoms. The third kappa shape index (κ3) is 4.01. The highest BCUT2D eigenvalue weighted by Crippen LogP contribution is 2.22. The lowest BCUT2D eigenvalue weighted by atomic mass is 10.1. The molecular weight excluding hydrogens is 308 g/mol. The standard InChI is InChI=1S/C17H18N4O3/c1-24-16(22)13-4-2-3-5-14(13)19-12-8-9-15(18-10-12)21-17(23)20-11-6-7-11/h2-5,8-11,19H,6-7H2,1H3,(H2,18,20,21,23). The number of ether oxygens (including phenoxy) is 1. The second-order valence-electron chi connectivity index (χ2n) is 5.47. The number of benzene rings is 1. The van der Waals surface area contributed by atoms with Crippen LogP contribution in [0.4, 0.5) is 22.0 Å². The molecule has 0 radical (unpaired) electrons. The van der Waals surface area contributed by atoms with E-state index >= 15 is 0 Å². The summed E-state index contributed by atoms with van der Waals surface area (Å²) < 4.78 is 4.77. The Bertz CT molecular complexity index is 742. The van der Waals surface area contributed by atoms with Crippen LogP contribution in [0.25, 0.3) is 0 Å². The molecule has 1 saturated carbocycles. The normalized spacial score (nSPS) is 13.0. The van der Waals surface area contributed by atoms with Crippen molar-refractivity contribution in [3.63, 3.8) is 0 Å². The number of esters is 1. The third-order valence-corrected chi connectivity index (χ3v) is 3.53. The van der Waals surface area contributed by atoms with E-state index in [4.69, 9.17) is 4.74 Å². The van der Waals surface area contributed by atoms with Crippen LogP contribution in [0.1, 0.15) is 23.2 Å². The van der Waals surface area contributed by atoms with Crippen LogP contribution in [-0.4, -0.2) is 30.1 Å². The van der Waals surface area contributed by atoms with E-state index in [-0.39, 0.29) is 6.03 Å². The number of pyridine rings is 1. The molecule has 24 heavy (non-hydrogen) atoms. The first-order chi connectivity index (χ1) is 11.7. The predicted octanol–water partition coefficient (Wildman–Crippen LogP) is 2.90. The lowest BCUT2D eigenvalue weighted by Crippen LogP contribution is -2.30. The molecule has 3 rings (SSSR count). The van der Waals surface area contributed by atoms with Crippen molar-refractivity contribution in [3.05, 3.63) is 48.2 Å². The van der Waals surface area contributed by atoms with Crippen LogP contribution in [0, 0.1) is 0 Å². The summed E-state index contributed by atoms with van der Waals surface area (Å²) in [4.78, 5) is 27.6. The van der Waals surface area contributed by atoms with E-state index in [1.165, 1.54) is 7.11 Å². The zero-order valence-electron chi connectivity index (χ0n) is 13.2. The number of nitrogens with zero attached hydrogens (tertiary/aromatic N) is 1. The van der Waals surface area contributed by atoms with Gasteiger partial charge in [-0.15, -0.1) is 0 Å². The van der Waals surface area contributed by atoms with Gasteiger partial charge in [0.15, 0.2) is 0 Å². The zero-order chi connectivity index (χ0) is 16.9. The van der Waals surface area contributed by atoms with Crippen molar-refractivity contribution in [1.29, 1.82) is 0 Å². The lowest BCUT2D eigenvalue weighted by Gasteiger charge is -2.11. The molecule has 0 saturated heterocycles. The Morgan fingerprint density at radius 2 is 1.96 bits per heavy atom. The molecule has 1 aliphatic carbocycles. The maximum absolute atomic E-state index is 11.8. The molecule has 0 aliphatic heterocycles. The molecule has 1 heterocycles. The Morgan fingerprint density at radius 3 is 2.62 bits per heavy atom. The molecule has 124 valence electrons. The van der Waals surface area contributed by atoms with Gasteiger partial charge in [-0.25, -0.2) is 14.6 Å². The molecule has 7 heteroatoms. The van der Waals surface area contributed by atoms with E-state index in [1.54, 1.807) is 36.5 Å². The Balaban J connectivity index is 1.66. The molecule has 1 aromatic carbocycles. The van der Waals surface area contributed by atoms with Gasteiger partial charge in [0.2, 0.25) is 0 Å². The fourth-order valence-corrected chi connectivity index (χ4v) is 2.14. The molecule has 1 fully saturated rings. The number of aromatic nitrogens is 1. The van der Waals surface area contributed by atoms with E-state index in [0.29, 0.717) is 28.8 Å². The van der Waals surface area contributed by atoms with Gasteiger partial charge in [0.25, 0.3) is 0 Å². The second-order valence-corrected chi connectivity index (χ2v) is 5.47. The quantitative estimate of drug-likeness (QED) is 0.735. The fourth-order valence-electron chi connectivity index (χ4n) is 2.14.